The molecule has 16 heteroatoms. The molecule has 0 aliphatic rings. The van der Waals surface area contributed by atoms with Crippen molar-refractivity contribution in [3.8, 4) is 0 Å². The Kier molecular flexibility index (Phi) is 9.84. The van der Waals surface area contributed by atoms with Crippen LogP contribution in [-0.4, -0.2) is 40.4 Å². The summed E-state index contributed by atoms with van der Waals surface area (Å²) in [5.74, 6) is 0. The molecule has 0 spiro atoms. The van der Waals surface area contributed by atoms with Crippen molar-refractivity contribution in [1.29, 1.82) is 0 Å². The molecule has 0 saturated heterocycles. The van der Waals surface area contributed by atoms with Gasteiger partial charge in [0.2, 0.25) is 0 Å². The van der Waals surface area contributed by atoms with E-state index in [0.29, 0.717) is 10.7 Å². The van der Waals surface area contributed by atoms with E-state index in [-0.39, 0.29) is 14.7 Å². The second-order valence-electron chi connectivity index (χ2n) is 6.31. The van der Waals surface area contributed by atoms with Crippen LogP contribution in [-0.2, 0) is 40.1 Å². The van der Waals surface area contributed by atoms with Crippen molar-refractivity contribution in [2.45, 2.75) is 14.7 Å². The van der Waals surface area contributed by atoms with Gasteiger partial charge in [0.05, 0.1) is 14.7 Å². The third-order valence-corrected chi connectivity index (χ3v) is 13.3. The first kappa shape index (κ1) is 28.7. The molecule has 0 aliphatic heterocycles. The van der Waals surface area contributed by atoms with E-state index in [1.807, 2.05) is 67.8 Å². The highest BCUT2D eigenvalue weighted by Crippen LogP contribution is 2.24. The quantitative estimate of drug-likeness (QED) is 0.232. The van der Waals surface area contributed by atoms with Gasteiger partial charge < -0.3 is 9.70 Å². The molecular formula is C18H12AlI3O9S3. The van der Waals surface area contributed by atoms with Gasteiger partial charge in [-0.15, -0.1) is 0 Å². The fourth-order valence-electron chi connectivity index (χ4n) is 2.39. The lowest BCUT2D eigenvalue weighted by molar-refractivity contribution is 0.311. The Bertz CT molecular complexity index is 1340. The van der Waals surface area contributed by atoms with E-state index >= 15 is 0 Å². The summed E-state index contributed by atoms with van der Waals surface area (Å²) in [6.45, 7) is 0. The Balaban J connectivity index is 2.00. The molecule has 0 amide bonds. The molecular weight excluding hydrogens is 864 g/mol. The molecule has 0 radical (unpaired) electrons. The molecule has 0 atom stereocenters. The van der Waals surface area contributed by atoms with Crippen molar-refractivity contribution in [3.05, 3.63) is 83.5 Å². The second-order valence-corrected chi connectivity index (χ2v) is 17.1. The summed E-state index contributed by atoms with van der Waals surface area (Å²) in [4.78, 5) is -0.952. The zero-order valence-corrected chi connectivity index (χ0v) is 26.6. The minimum atomic E-state index is -4.63. The van der Waals surface area contributed by atoms with Crippen LogP contribution in [0, 0.1) is 10.7 Å². The molecule has 0 bridgehead atoms. The second kappa shape index (κ2) is 11.7. The highest BCUT2D eigenvalue weighted by molar-refractivity contribution is 14.1. The van der Waals surface area contributed by atoms with Crippen LogP contribution in [0.25, 0.3) is 0 Å². The predicted octanol–water partition coefficient (Wildman–Crippen LogP) is 4.00. The monoisotopic (exact) mass is 876 g/mol. The largest absolute Gasteiger partial charge is 0.952 e. The first-order chi connectivity index (χ1) is 15.8. The predicted molar refractivity (Wildman–Crippen MR) is 148 cm³/mol. The molecule has 3 aromatic carbocycles. The molecule has 3 rings (SSSR count). The number of benzene rings is 3. The number of hydrogen-bond acceptors (Lipinski definition) is 9. The van der Waals surface area contributed by atoms with E-state index in [1.165, 1.54) is 54.6 Å². The SMILES string of the molecule is O=S(=O)([O][Al]([O]S(=O)(=O)c1cccc(I)c1)[O]S(=O)(=O)c1cccc(I)c1)c1cccc(I)c1. The van der Waals surface area contributed by atoms with Crippen LogP contribution in [0.1, 0.15) is 0 Å². The highest BCUT2D eigenvalue weighted by atomic mass is 127. The van der Waals surface area contributed by atoms with E-state index in [4.69, 9.17) is 9.70 Å². The summed E-state index contributed by atoms with van der Waals surface area (Å²) in [5, 5.41) is 0. The Hall–Kier alpha value is 0.112. The summed E-state index contributed by atoms with van der Waals surface area (Å²) < 4.78 is 93.4. The van der Waals surface area contributed by atoms with Crippen molar-refractivity contribution in [1.82, 2.24) is 0 Å². The molecule has 0 saturated carbocycles. The molecule has 34 heavy (non-hydrogen) atoms. The smallest absolute Gasteiger partial charge is 0.338 e. The van der Waals surface area contributed by atoms with E-state index in [1.54, 1.807) is 18.2 Å². The van der Waals surface area contributed by atoms with Gasteiger partial charge in [0.15, 0.2) is 0 Å². The molecule has 0 unspecified atom stereocenters. The van der Waals surface area contributed by atoms with E-state index < -0.39 is 45.5 Å². The van der Waals surface area contributed by atoms with Crippen LogP contribution in [0.15, 0.2) is 87.5 Å². The molecule has 0 heterocycles. The zero-order chi connectivity index (χ0) is 25.1. The topological polar surface area (TPSA) is 130 Å². The highest BCUT2D eigenvalue weighted by Gasteiger charge is 2.47. The van der Waals surface area contributed by atoms with Gasteiger partial charge in [-0.25, -0.2) is 0 Å². The summed E-state index contributed by atoms with van der Waals surface area (Å²) in [6, 6.07) is 16.7. The molecule has 0 N–H and O–H groups in total. The van der Waals surface area contributed by atoms with Crippen molar-refractivity contribution < 1.29 is 35.0 Å². The zero-order valence-electron chi connectivity index (χ0n) is 16.5. The van der Waals surface area contributed by atoms with E-state index in [9.17, 15) is 25.3 Å². The summed E-state index contributed by atoms with van der Waals surface area (Å²) in [5.41, 5.74) is 0. The van der Waals surface area contributed by atoms with Crippen LogP contribution in [0.2, 0.25) is 0 Å². The van der Waals surface area contributed by atoms with Gasteiger partial charge in [-0.05, 0) is 122 Å². The van der Waals surface area contributed by atoms with Gasteiger partial charge in [0, 0.05) is 10.7 Å². The fourth-order valence-corrected chi connectivity index (χ4v) is 11.3. The fraction of sp³-hybridized carbons (Fsp3) is 0. The molecule has 3 aromatic rings. The number of rotatable bonds is 9. The first-order valence-corrected chi connectivity index (χ1v) is 17.7. The van der Waals surface area contributed by atoms with Crippen LogP contribution < -0.4 is 0 Å². The third kappa shape index (κ3) is 7.80. The third-order valence-electron chi connectivity index (χ3n) is 3.87. The Labute approximate surface area is 243 Å². The molecule has 180 valence electrons. The Morgan fingerprint density at radius 3 is 1.00 bits per heavy atom. The lowest BCUT2D eigenvalue weighted by atomic mass is 10.4. The first-order valence-electron chi connectivity index (χ1n) is 8.85. The lowest BCUT2D eigenvalue weighted by Crippen LogP contribution is -2.35. The van der Waals surface area contributed by atoms with Crippen molar-refractivity contribution in [3.63, 3.8) is 0 Å². The maximum absolute atomic E-state index is 12.8. The van der Waals surface area contributed by atoms with Crippen LogP contribution >= 0.6 is 67.8 Å². The Morgan fingerprint density at radius 1 is 0.500 bits per heavy atom. The minimum absolute atomic E-state index is 0.317. The van der Waals surface area contributed by atoms with Crippen molar-refractivity contribution in [2.75, 3.05) is 0 Å². The van der Waals surface area contributed by atoms with Gasteiger partial charge >= 0.3 is 15.1 Å². The normalized spacial score (nSPS) is 12.4. The van der Waals surface area contributed by atoms with Gasteiger partial charge in [0.1, 0.15) is 0 Å². The standard InChI is InChI=1S/3C6H5IO3S.Al/c3*7-5-2-1-3-6(4-5)11(8,9)10;/h3*1-4H,(H,8,9,10);/q;;;+3/p-3. The van der Waals surface area contributed by atoms with Gasteiger partial charge in [0.25, 0.3) is 30.4 Å². The number of halogens is 3. The van der Waals surface area contributed by atoms with Gasteiger partial charge in [-0.2, -0.15) is 25.3 Å². The van der Waals surface area contributed by atoms with Crippen LogP contribution in [0.4, 0.5) is 0 Å². The lowest BCUT2D eigenvalue weighted by Gasteiger charge is -2.15. The van der Waals surface area contributed by atoms with Gasteiger partial charge in [-0.1, -0.05) is 18.2 Å². The molecule has 0 fully saturated rings. The van der Waals surface area contributed by atoms with Crippen molar-refractivity contribution in [2.24, 2.45) is 0 Å². The van der Waals surface area contributed by atoms with E-state index in [2.05, 4.69) is 0 Å². The van der Waals surface area contributed by atoms with Crippen LogP contribution in [0.3, 0.4) is 0 Å². The van der Waals surface area contributed by atoms with Crippen LogP contribution in [0.5, 0.6) is 0 Å². The average Bonchev–Trinajstić information content (AvgIpc) is 2.73. The Morgan fingerprint density at radius 2 is 0.765 bits per heavy atom. The molecule has 9 nitrogen and oxygen atoms in total. The average molecular weight is 876 g/mol. The summed E-state index contributed by atoms with van der Waals surface area (Å²) >= 11 is 1.21. The maximum atomic E-state index is 12.8. The molecule has 0 aromatic heterocycles. The maximum Gasteiger partial charge on any atom is 0.952 e. The van der Waals surface area contributed by atoms with Crippen molar-refractivity contribution >= 4 is 113 Å². The number of hydrogen-bond donors (Lipinski definition) is 0. The molecule has 0 aliphatic carbocycles. The summed E-state index contributed by atoms with van der Waals surface area (Å²) in [6.07, 6.45) is 0. The minimum Gasteiger partial charge on any atom is -0.338 e. The summed E-state index contributed by atoms with van der Waals surface area (Å²) in [7, 11) is -13.9. The van der Waals surface area contributed by atoms with Gasteiger partial charge in [-0.3, -0.25) is 0 Å². The van der Waals surface area contributed by atoms with E-state index in [0.717, 1.165) is 0 Å².